The largest absolute Gasteiger partial charge is 0.395 e. The van der Waals surface area contributed by atoms with Gasteiger partial charge >= 0.3 is 0 Å². The molecule has 0 saturated carbocycles. The van der Waals surface area contributed by atoms with Crippen LogP contribution >= 0.6 is 0 Å². The van der Waals surface area contributed by atoms with Crippen LogP contribution in [0.5, 0.6) is 0 Å². The highest BCUT2D eigenvalue weighted by molar-refractivity contribution is 5.27. The quantitative estimate of drug-likeness (QED) is 0.674. The molecular weight excluding hydrogens is 195 g/mol. The second-order valence-electron chi connectivity index (χ2n) is 3.49. The molecule has 0 saturated heterocycles. The summed E-state index contributed by atoms with van der Waals surface area (Å²) in [5.41, 5.74) is 7.11. The van der Waals surface area contributed by atoms with E-state index >= 15 is 0 Å². The van der Waals surface area contributed by atoms with Crippen molar-refractivity contribution in [3.63, 3.8) is 0 Å². The molecule has 4 heteroatoms. The number of nitrogens with two attached hydrogens (primary N) is 1. The third-order valence-corrected chi connectivity index (χ3v) is 2.27. The molecule has 0 radical (unpaired) electrons. The van der Waals surface area contributed by atoms with E-state index in [4.69, 9.17) is 10.8 Å². The topological polar surface area (TPSA) is 58.3 Å². The number of hydrogen-bond donors (Lipinski definition) is 3. The Hall–Kier alpha value is -0.970. The van der Waals surface area contributed by atoms with Crippen LogP contribution in [0.25, 0.3) is 0 Å². The molecule has 1 aromatic carbocycles. The van der Waals surface area contributed by atoms with Gasteiger partial charge in [0.2, 0.25) is 0 Å². The first-order chi connectivity index (χ1) is 7.19. The number of rotatable bonds is 5. The summed E-state index contributed by atoms with van der Waals surface area (Å²) < 4.78 is 13.5. The van der Waals surface area contributed by atoms with E-state index in [0.717, 1.165) is 5.56 Å². The summed E-state index contributed by atoms with van der Waals surface area (Å²) in [4.78, 5) is 0. The normalized spacial score (nSPS) is 12.8. The van der Waals surface area contributed by atoms with Crippen molar-refractivity contribution in [3.05, 3.63) is 35.1 Å². The molecule has 84 valence electrons. The van der Waals surface area contributed by atoms with E-state index in [1.165, 1.54) is 6.07 Å². The van der Waals surface area contributed by atoms with Gasteiger partial charge in [-0.2, -0.15) is 0 Å². The van der Waals surface area contributed by atoms with Crippen LogP contribution in [0.1, 0.15) is 17.2 Å². The van der Waals surface area contributed by atoms with Crippen molar-refractivity contribution < 1.29 is 9.50 Å². The molecule has 4 N–H and O–H groups in total. The molecule has 1 unspecified atom stereocenters. The van der Waals surface area contributed by atoms with E-state index in [-0.39, 0.29) is 18.5 Å². The molecule has 0 aliphatic carbocycles. The van der Waals surface area contributed by atoms with Crippen LogP contribution in [-0.2, 0) is 0 Å². The van der Waals surface area contributed by atoms with E-state index < -0.39 is 0 Å². The molecule has 0 spiro atoms. The number of aryl methyl sites for hydroxylation is 1. The van der Waals surface area contributed by atoms with Gasteiger partial charge in [0.1, 0.15) is 5.82 Å². The smallest absolute Gasteiger partial charge is 0.128 e. The van der Waals surface area contributed by atoms with Gasteiger partial charge in [-0.3, -0.25) is 0 Å². The molecule has 1 aromatic rings. The second kappa shape index (κ2) is 5.80. The van der Waals surface area contributed by atoms with Gasteiger partial charge in [0, 0.05) is 24.7 Å². The van der Waals surface area contributed by atoms with E-state index in [2.05, 4.69) is 5.32 Å². The molecule has 0 fully saturated rings. The van der Waals surface area contributed by atoms with Gasteiger partial charge < -0.3 is 16.2 Å². The molecule has 0 aliphatic heterocycles. The molecule has 0 amide bonds. The van der Waals surface area contributed by atoms with Crippen molar-refractivity contribution in [2.24, 2.45) is 5.73 Å². The summed E-state index contributed by atoms with van der Waals surface area (Å²) >= 11 is 0. The highest BCUT2D eigenvalue weighted by atomic mass is 19.1. The maximum absolute atomic E-state index is 13.5. The van der Waals surface area contributed by atoms with Gasteiger partial charge in [0.05, 0.1) is 6.61 Å². The van der Waals surface area contributed by atoms with E-state index in [1.807, 2.05) is 6.92 Å². The lowest BCUT2D eigenvalue weighted by molar-refractivity contribution is 0.284. The SMILES string of the molecule is Cc1ccc(F)c(C(CN)NCCO)c1. The molecular formula is C11H17FN2O. The first-order valence-electron chi connectivity index (χ1n) is 4.99. The van der Waals surface area contributed by atoms with Gasteiger partial charge in [-0.15, -0.1) is 0 Å². The number of nitrogens with one attached hydrogen (secondary N) is 1. The average molecular weight is 212 g/mol. The number of halogens is 1. The zero-order chi connectivity index (χ0) is 11.3. The van der Waals surface area contributed by atoms with Crippen molar-refractivity contribution in [1.29, 1.82) is 0 Å². The fraction of sp³-hybridized carbons (Fsp3) is 0.455. The summed E-state index contributed by atoms with van der Waals surface area (Å²) in [6.07, 6.45) is 0. The van der Waals surface area contributed by atoms with Gasteiger partial charge in [0.15, 0.2) is 0 Å². The molecule has 1 rings (SSSR count). The van der Waals surface area contributed by atoms with Crippen LogP contribution in [0.3, 0.4) is 0 Å². The lowest BCUT2D eigenvalue weighted by atomic mass is 10.0. The molecule has 3 nitrogen and oxygen atoms in total. The van der Waals surface area contributed by atoms with Crippen LogP contribution in [0.15, 0.2) is 18.2 Å². The molecule has 15 heavy (non-hydrogen) atoms. The molecule has 0 aromatic heterocycles. The Balaban J connectivity index is 2.85. The summed E-state index contributed by atoms with van der Waals surface area (Å²) in [6.45, 7) is 2.64. The summed E-state index contributed by atoms with van der Waals surface area (Å²) in [5, 5.41) is 11.7. The standard InChI is InChI=1S/C11H17FN2O/c1-8-2-3-10(12)9(6-8)11(7-13)14-4-5-15/h2-3,6,11,14-15H,4-5,7,13H2,1H3. The first kappa shape index (κ1) is 12.1. The summed E-state index contributed by atoms with van der Waals surface area (Å²) in [6, 6.07) is 4.70. The van der Waals surface area contributed by atoms with Crippen molar-refractivity contribution in [1.82, 2.24) is 5.32 Å². The zero-order valence-electron chi connectivity index (χ0n) is 8.83. The van der Waals surface area contributed by atoms with Gasteiger partial charge in [-0.05, 0) is 13.0 Å². The van der Waals surface area contributed by atoms with Crippen molar-refractivity contribution in [3.8, 4) is 0 Å². The minimum atomic E-state index is -0.263. The van der Waals surface area contributed by atoms with Crippen molar-refractivity contribution >= 4 is 0 Å². The number of aliphatic hydroxyl groups excluding tert-OH is 1. The van der Waals surface area contributed by atoms with Crippen LogP contribution in [0.4, 0.5) is 4.39 Å². The maximum atomic E-state index is 13.5. The molecule has 0 bridgehead atoms. The molecule has 0 heterocycles. The van der Waals surface area contributed by atoms with Gasteiger partial charge in [0.25, 0.3) is 0 Å². The average Bonchev–Trinajstić information content (AvgIpc) is 2.24. The van der Waals surface area contributed by atoms with Crippen LogP contribution in [0.2, 0.25) is 0 Å². The Kier molecular flexibility index (Phi) is 4.68. The van der Waals surface area contributed by atoms with Gasteiger partial charge in [-0.25, -0.2) is 4.39 Å². The fourth-order valence-electron chi connectivity index (χ4n) is 1.49. The van der Waals surface area contributed by atoms with E-state index in [1.54, 1.807) is 12.1 Å². The molecule has 0 aliphatic rings. The Morgan fingerprint density at radius 3 is 2.87 bits per heavy atom. The number of aliphatic hydroxyl groups is 1. The predicted octanol–water partition coefficient (Wildman–Crippen LogP) is 0.716. The third kappa shape index (κ3) is 3.27. The Bertz CT molecular complexity index is 317. The molecule has 1 atom stereocenters. The number of benzene rings is 1. The first-order valence-corrected chi connectivity index (χ1v) is 4.99. The highest BCUT2D eigenvalue weighted by Crippen LogP contribution is 2.17. The lowest BCUT2D eigenvalue weighted by Crippen LogP contribution is -2.31. The fourth-order valence-corrected chi connectivity index (χ4v) is 1.49. The second-order valence-corrected chi connectivity index (χ2v) is 3.49. The van der Waals surface area contributed by atoms with Crippen molar-refractivity contribution in [2.45, 2.75) is 13.0 Å². The van der Waals surface area contributed by atoms with E-state index in [9.17, 15) is 4.39 Å². The minimum absolute atomic E-state index is 0.0178. The predicted molar refractivity (Wildman–Crippen MR) is 58.0 cm³/mol. The summed E-state index contributed by atoms with van der Waals surface area (Å²) in [7, 11) is 0. The van der Waals surface area contributed by atoms with Crippen molar-refractivity contribution in [2.75, 3.05) is 19.7 Å². The zero-order valence-corrected chi connectivity index (χ0v) is 8.83. The minimum Gasteiger partial charge on any atom is -0.395 e. The lowest BCUT2D eigenvalue weighted by Gasteiger charge is -2.17. The maximum Gasteiger partial charge on any atom is 0.128 e. The third-order valence-electron chi connectivity index (χ3n) is 2.27. The Morgan fingerprint density at radius 2 is 2.27 bits per heavy atom. The monoisotopic (exact) mass is 212 g/mol. The van der Waals surface area contributed by atoms with Crippen LogP contribution in [0, 0.1) is 12.7 Å². The Morgan fingerprint density at radius 1 is 1.53 bits per heavy atom. The Labute approximate surface area is 89.1 Å². The summed E-state index contributed by atoms with van der Waals surface area (Å²) in [5.74, 6) is -0.263. The number of hydrogen-bond acceptors (Lipinski definition) is 3. The van der Waals surface area contributed by atoms with Crippen LogP contribution in [-0.4, -0.2) is 24.8 Å². The van der Waals surface area contributed by atoms with Crippen LogP contribution < -0.4 is 11.1 Å². The highest BCUT2D eigenvalue weighted by Gasteiger charge is 2.13. The van der Waals surface area contributed by atoms with E-state index in [0.29, 0.717) is 18.7 Å². The van der Waals surface area contributed by atoms with Gasteiger partial charge in [-0.1, -0.05) is 17.7 Å².